The van der Waals surface area contributed by atoms with E-state index in [4.69, 9.17) is 23.2 Å². The van der Waals surface area contributed by atoms with Crippen LogP contribution in [0.25, 0.3) is 0 Å². The summed E-state index contributed by atoms with van der Waals surface area (Å²) in [5.41, 5.74) is 0. The molecule has 2 rings (SSSR count). The Balaban J connectivity index is 1.87. The molecule has 19 heavy (non-hydrogen) atoms. The second-order valence-corrected chi connectivity index (χ2v) is 7.13. The average molecular weight is 323 g/mol. The molecule has 0 aliphatic heterocycles. The summed E-state index contributed by atoms with van der Waals surface area (Å²) < 4.78 is 26.6. The van der Waals surface area contributed by atoms with Gasteiger partial charge in [-0.15, -0.1) is 0 Å². The monoisotopic (exact) mass is 322 g/mol. The molecule has 0 unspecified atom stereocenters. The van der Waals surface area contributed by atoms with Crippen molar-refractivity contribution in [2.24, 2.45) is 0 Å². The molecule has 0 radical (unpaired) electrons. The van der Waals surface area contributed by atoms with E-state index in [0.29, 0.717) is 17.6 Å². The van der Waals surface area contributed by atoms with Crippen molar-refractivity contribution in [3.63, 3.8) is 0 Å². The van der Waals surface area contributed by atoms with Gasteiger partial charge in [0.1, 0.15) is 4.90 Å². The second kappa shape index (κ2) is 6.41. The van der Waals surface area contributed by atoms with E-state index < -0.39 is 10.0 Å². The Labute approximate surface area is 123 Å². The maximum absolute atomic E-state index is 12.0. The Bertz CT molecular complexity index is 545. The third kappa shape index (κ3) is 4.61. The van der Waals surface area contributed by atoms with E-state index in [1.54, 1.807) is 6.07 Å². The van der Waals surface area contributed by atoms with Gasteiger partial charge in [-0.1, -0.05) is 23.2 Å². The second-order valence-electron chi connectivity index (χ2n) is 4.55. The van der Waals surface area contributed by atoms with Crippen molar-refractivity contribution in [1.82, 2.24) is 10.0 Å². The lowest BCUT2D eigenvalue weighted by Gasteiger charge is -2.09. The molecule has 0 bridgehead atoms. The van der Waals surface area contributed by atoms with Crippen LogP contribution in [0.1, 0.15) is 19.3 Å². The van der Waals surface area contributed by atoms with Crippen molar-refractivity contribution in [3.8, 4) is 0 Å². The summed E-state index contributed by atoms with van der Waals surface area (Å²) in [6.45, 7) is 1.20. The van der Waals surface area contributed by atoms with Gasteiger partial charge in [-0.05, 0) is 44.0 Å². The molecule has 106 valence electrons. The molecule has 1 aliphatic carbocycles. The summed E-state index contributed by atoms with van der Waals surface area (Å²) in [5.74, 6) is 0. The summed E-state index contributed by atoms with van der Waals surface area (Å²) in [6.07, 6.45) is 3.20. The summed E-state index contributed by atoms with van der Waals surface area (Å²) in [7, 11) is -3.59. The van der Waals surface area contributed by atoms with Gasteiger partial charge in [0.25, 0.3) is 0 Å². The van der Waals surface area contributed by atoms with Crippen molar-refractivity contribution >= 4 is 33.2 Å². The van der Waals surface area contributed by atoms with E-state index in [9.17, 15) is 8.42 Å². The molecule has 0 aromatic heterocycles. The molecule has 1 aromatic carbocycles. The zero-order valence-corrected chi connectivity index (χ0v) is 12.7. The Morgan fingerprint density at radius 2 is 1.95 bits per heavy atom. The van der Waals surface area contributed by atoms with Crippen LogP contribution in [0.2, 0.25) is 10.0 Å². The van der Waals surface area contributed by atoms with Crippen LogP contribution in [-0.2, 0) is 10.0 Å². The highest BCUT2D eigenvalue weighted by Crippen LogP contribution is 2.24. The standard InChI is InChI=1S/C12H16Cl2N2O2S/c13-9-2-5-11(14)12(8-9)19(17,18)16-7-1-6-15-10-3-4-10/h2,5,8,10,15-16H,1,3-4,6-7H2. The first-order chi connectivity index (χ1) is 8.99. The minimum Gasteiger partial charge on any atom is -0.314 e. The lowest BCUT2D eigenvalue weighted by molar-refractivity contribution is 0.573. The van der Waals surface area contributed by atoms with Crippen molar-refractivity contribution in [2.45, 2.75) is 30.2 Å². The van der Waals surface area contributed by atoms with Crippen LogP contribution in [0.15, 0.2) is 23.1 Å². The number of hydrogen-bond acceptors (Lipinski definition) is 3. The number of halogens is 2. The SMILES string of the molecule is O=S(=O)(NCCCNC1CC1)c1cc(Cl)ccc1Cl. The van der Waals surface area contributed by atoms with Crippen LogP contribution >= 0.6 is 23.2 Å². The van der Waals surface area contributed by atoms with Crippen molar-refractivity contribution in [1.29, 1.82) is 0 Å². The Morgan fingerprint density at radius 3 is 2.63 bits per heavy atom. The highest BCUT2D eigenvalue weighted by molar-refractivity contribution is 7.89. The third-order valence-corrected chi connectivity index (χ3v) is 5.02. The zero-order valence-electron chi connectivity index (χ0n) is 10.3. The minimum atomic E-state index is -3.59. The van der Waals surface area contributed by atoms with E-state index in [0.717, 1.165) is 13.0 Å². The van der Waals surface area contributed by atoms with E-state index in [1.165, 1.54) is 25.0 Å². The van der Waals surface area contributed by atoms with Crippen LogP contribution in [0, 0.1) is 0 Å². The van der Waals surface area contributed by atoms with Gasteiger partial charge in [-0.3, -0.25) is 0 Å². The molecule has 0 saturated heterocycles. The van der Waals surface area contributed by atoms with Crippen LogP contribution in [-0.4, -0.2) is 27.5 Å². The molecule has 1 aliphatic rings. The van der Waals surface area contributed by atoms with Gasteiger partial charge in [0.05, 0.1) is 5.02 Å². The first-order valence-electron chi connectivity index (χ1n) is 6.17. The van der Waals surface area contributed by atoms with Gasteiger partial charge < -0.3 is 5.32 Å². The van der Waals surface area contributed by atoms with Crippen molar-refractivity contribution in [3.05, 3.63) is 28.2 Å². The quantitative estimate of drug-likeness (QED) is 0.758. The van der Waals surface area contributed by atoms with Gasteiger partial charge in [0.2, 0.25) is 10.0 Å². The van der Waals surface area contributed by atoms with Crippen molar-refractivity contribution in [2.75, 3.05) is 13.1 Å². The molecular formula is C12H16Cl2N2O2S. The van der Waals surface area contributed by atoms with Crippen LogP contribution in [0.4, 0.5) is 0 Å². The number of rotatable bonds is 7. The smallest absolute Gasteiger partial charge is 0.242 e. The number of benzene rings is 1. The van der Waals surface area contributed by atoms with Gasteiger partial charge in [0, 0.05) is 17.6 Å². The molecule has 7 heteroatoms. The molecular weight excluding hydrogens is 307 g/mol. The molecule has 1 aromatic rings. The van der Waals surface area contributed by atoms with E-state index in [1.807, 2.05) is 0 Å². The summed E-state index contributed by atoms with van der Waals surface area (Å²) in [6, 6.07) is 5.03. The van der Waals surface area contributed by atoms with Crippen LogP contribution < -0.4 is 10.0 Å². The van der Waals surface area contributed by atoms with E-state index >= 15 is 0 Å². The first-order valence-corrected chi connectivity index (χ1v) is 8.41. The maximum atomic E-state index is 12.0. The van der Waals surface area contributed by atoms with E-state index in [-0.39, 0.29) is 9.92 Å². The van der Waals surface area contributed by atoms with Gasteiger partial charge in [-0.2, -0.15) is 0 Å². The lowest BCUT2D eigenvalue weighted by atomic mass is 10.4. The molecule has 2 N–H and O–H groups in total. The molecule has 1 saturated carbocycles. The average Bonchev–Trinajstić information content (AvgIpc) is 3.15. The lowest BCUT2D eigenvalue weighted by Crippen LogP contribution is -2.28. The number of hydrogen-bond donors (Lipinski definition) is 2. The molecule has 4 nitrogen and oxygen atoms in total. The Hall–Kier alpha value is -0.330. The molecule has 0 atom stereocenters. The Morgan fingerprint density at radius 1 is 1.21 bits per heavy atom. The predicted octanol–water partition coefficient (Wildman–Crippen LogP) is 2.41. The van der Waals surface area contributed by atoms with Gasteiger partial charge in [-0.25, -0.2) is 13.1 Å². The minimum absolute atomic E-state index is 0.0248. The fourth-order valence-electron chi connectivity index (χ4n) is 1.65. The molecule has 0 spiro atoms. The zero-order chi connectivity index (χ0) is 13.9. The Kier molecular flexibility index (Phi) is 5.09. The molecule has 1 fully saturated rings. The molecule has 0 heterocycles. The topological polar surface area (TPSA) is 58.2 Å². The fraction of sp³-hybridized carbons (Fsp3) is 0.500. The normalized spacial score (nSPS) is 15.7. The number of nitrogens with one attached hydrogen (secondary N) is 2. The third-order valence-electron chi connectivity index (χ3n) is 2.84. The van der Waals surface area contributed by atoms with Crippen molar-refractivity contribution < 1.29 is 8.42 Å². The predicted molar refractivity (Wildman–Crippen MR) is 77.3 cm³/mol. The summed E-state index contributed by atoms with van der Waals surface area (Å²) in [5, 5.41) is 3.84. The largest absolute Gasteiger partial charge is 0.314 e. The van der Waals surface area contributed by atoms with Crippen LogP contribution in [0.5, 0.6) is 0 Å². The first kappa shape index (κ1) is 15.1. The summed E-state index contributed by atoms with van der Waals surface area (Å²) >= 11 is 11.7. The highest BCUT2D eigenvalue weighted by Gasteiger charge is 2.20. The maximum Gasteiger partial charge on any atom is 0.242 e. The highest BCUT2D eigenvalue weighted by atomic mass is 35.5. The van der Waals surface area contributed by atoms with Crippen LogP contribution in [0.3, 0.4) is 0 Å². The van der Waals surface area contributed by atoms with Gasteiger partial charge in [0.15, 0.2) is 0 Å². The molecule has 0 amide bonds. The van der Waals surface area contributed by atoms with Gasteiger partial charge >= 0.3 is 0 Å². The fourth-order valence-corrected chi connectivity index (χ4v) is 3.48. The number of sulfonamides is 1. The summed E-state index contributed by atoms with van der Waals surface area (Å²) in [4.78, 5) is 0.0248. The van der Waals surface area contributed by atoms with E-state index in [2.05, 4.69) is 10.0 Å².